The number of rotatable bonds is 4. The molecule has 1 unspecified atom stereocenters. The van der Waals surface area contributed by atoms with Crippen LogP contribution in [0.4, 0.5) is 0 Å². The van der Waals surface area contributed by atoms with Crippen LogP contribution in [0.5, 0.6) is 0 Å². The van der Waals surface area contributed by atoms with Gasteiger partial charge in [0.1, 0.15) is 11.0 Å². The Morgan fingerprint density at radius 2 is 1.84 bits per heavy atom. The van der Waals surface area contributed by atoms with Gasteiger partial charge in [-0.15, -0.1) is 0 Å². The van der Waals surface area contributed by atoms with Gasteiger partial charge in [0.15, 0.2) is 0 Å². The second-order valence-corrected chi connectivity index (χ2v) is 6.20. The third kappa shape index (κ3) is 3.18. The molecule has 1 aliphatic heterocycles. The van der Waals surface area contributed by atoms with Crippen molar-refractivity contribution in [2.24, 2.45) is 5.92 Å². The minimum absolute atomic E-state index is 0. The van der Waals surface area contributed by atoms with Crippen molar-refractivity contribution in [2.45, 2.75) is 36.7 Å². The van der Waals surface area contributed by atoms with Gasteiger partial charge in [-0.25, -0.2) is 14.8 Å². The number of aryl methyl sites for hydroxylation is 1. The van der Waals surface area contributed by atoms with Gasteiger partial charge in [0.25, 0.3) is 0 Å². The normalized spacial score (nSPS) is 29.6. The maximum Gasteiger partial charge on any atom is 1.00 e. The molecule has 0 aromatic heterocycles. The van der Waals surface area contributed by atoms with Crippen molar-refractivity contribution < 1.29 is 33.3 Å². The van der Waals surface area contributed by atoms with Crippen molar-refractivity contribution in [1.29, 1.82) is 0 Å². The quantitative estimate of drug-likeness (QED) is 0.377. The standard InChI is InChI=1S/C13H14NO2S.Li.H2O/c1-9-2-6-11(7-3-9)17(16)14-12(8-15)13(14)10-4-5-10;;/h2-3,6-7,10,12-13H,4-5H2,1H3;;1H2/q-1;+1;/p-1/t12-,13+,14?,17+;;/m0../s1. The molecule has 1 saturated carbocycles. The zero-order chi connectivity index (χ0) is 12.0. The first-order valence-electron chi connectivity index (χ1n) is 5.87. The SMILES string of the molecule is Cc1ccc([S@@](=O)N2[C@H](C3CC3)[C@@H]2[C-]=O)cc1.[Li+].[OH-]. The summed E-state index contributed by atoms with van der Waals surface area (Å²) >= 11 is 0. The van der Waals surface area contributed by atoms with Gasteiger partial charge >= 0.3 is 18.9 Å². The van der Waals surface area contributed by atoms with Crippen LogP contribution in [0.15, 0.2) is 29.2 Å². The van der Waals surface area contributed by atoms with Crippen molar-refractivity contribution in [3.05, 3.63) is 29.8 Å². The smallest absolute Gasteiger partial charge is 0.870 e. The predicted molar refractivity (Wildman–Crippen MR) is 67.4 cm³/mol. The number of nitrogens with zero attached hydrogens (tertiary/aromatic N) is 1. The summed E-state index contributed by atoms with van der Waals surface area (Å²) in [7, 11) is -1.20. The summed E-state index contributed by atoms with van der Waals surface area (Å²) in [6.45, 7) is 2.00. The Hall–Kier alpha value is -0.443. The van der Waals surface area contributed by atoms with E-state index < -0.39 is 11.0 Å². The van der Waals surface area contributed by atoms with Gasteiger partial charge in [-0.1, -0.05) is 23.7 Å². The van der Waals surface area contributed by atoms with Gasteiger partial charge in [-0.3, -0.25) is 0 Å². The third-order valence-electron chi connectivity index (χ3n) is 3.44. The van der Waals surface area contributed by atoms with E-state index in [-0.39, 0.29) is 36.4 Å². The monoisotopic (exact) mass is 272 g/mol. The van der Waals surface area contributed by atoms with E-state index in [1.54, 1.807) is 4.31 Å². The van der Waals surface area contributed by atoms with E-state index in [9.17, 15) is 9.00 Å². The second kappa shape index (κ2) is 6.34. The van der Waals surface area contributed by atoms with E-state index in [1.807, 2.05) is 37.5 Å². The number of hydrogen-bond acceptors (Lipinski definition) is 3. The van der Waals surface area contributed by atoms with E-state index in [2.05, 4.69) is 0 Å². The van der Waals surface area contributed by atoms with E-state index in [0.29, 0.717) is 5.92 Å². The Morgan fingerprint density at radius 3 is 2.32 bits per heavy atom. The van der Waals surface area contributed by atoms with Crippen LogP contribution in [-0.2, 0) is 15.8 Å². The van der Waals surface area contributed by atoms with Crippen molar-refractivity contribution in [3.63, 3.8) is 0 Å². The molecule has 2 aliphatic rings. The van der Waals surface area contributed by atoms with Crippen LogP contribution in [0.2, 0.25) is 0 Å². The molecule has 4 atom stereocenters. The second-order valence-electron chi connectivity index (χ2n) is 4.81. The van der Waals surface area contributed by atoms with E-state index in [0.717, 1.165) is 23.3 Å². The first kappa shape index (κ1) is 16.6. The molecular weight excluding hydrogens is 257 g/mol. The van der Waals surface area contributed by atoms with Crippen LogP contribution in [0, 0.1) is 12.8 Å². The molecule has 1 aromatic rings. The summed E-state index contributed by atoms with van der Waals surface area (Å²) in [6, 6.07) is 7.56. The first-order valence-corrected chi connectivity index (χ1v) is 6.97. The van der Waals surface area contributed by atoms with E-state index >= 15 is 0 Å². The molecule has 3 rings (SSSR count). The van der Waals surface area contributed by atoms with E-state index in [1.165, 1.54) is 0 Å². The fourth-order valence-electron chi connectivity index (χ4n) is 2.24. The third-order valence-corrected chi connectivity index (χ3v) is 4.97. The summed E-state index contributed by atoms with van der Waals surface area (Å²) < 4.78 is 14.1. The topological polar surface area (TPSA) is 67.2 Å². The van der Waals surface area contributed by atoms with Gasteiger partial charge in [-0.05, 0) is 37.8 Å². The summed E-state index contributed by atoms with van der Waals surface area (Å²) in [4.78, 5) is 11.6. The van der Waals surface area contributed by atoms with Crippen LogP contribution in [0.1, 0.15) is 18.4 Å². The minimum Gasteiger partial charge on any atom is -0.870 e. The van der Waals surface area contributed by atoms with Gasteiger partial charge in [0.05, 0.1) is 4.90 Å². The zero-order valence-electron chi connectivity index (χ0n) is 11.1. The Labute approximate surface area is 127 Å². The Bertz CT molecular complexity index is 475. The van der Waals surface area contributed by atoms with Gasteiger partial charge in [0.2, 0.25) is 0 Å². The van der Waals surface area contributed by atoms with Crippen molar-refractivity contribution in [3.8, 4) is 0 Å². The van der Waals surface area contributed by atoms with Gasteiger partial charge < -0.3 is 10.3 Å². The van der Waals surface area contributed by atoms with Crippen LogP contribution < -0.4 is 18.9 Å². The maximum atomic E-state index is 12.3. The summed E-state index contributed by atoms with van der Waals surface area (Å²) in [5.74, 6) is 0.566. The largest absolute Gasteiger partial charge is 1.00 e. The van der Waals surface area contributed by atoms with Crippen molar-refractivity contribution in [1.82, 2.24) is 4.31 Å². The molecule has 98 valence electrons. The van der Waals surface area contributed by atoms with E-state index in [4.69, 9.17) is 0 Å². The van der Waals surface area contributed by atoms with Gasteiger partial charge in [0, 0.05) is 6.04 Å². The average Bonchev–Trinajstić information content (AvgIpc) is 3.21. The fourth-order valence-corrected chi connectivity index (χ4v) is 3.68. The van der Waals surface area contributed by atoms with Crippen LogP contribution in [-0.4, -0.2) is 32.4 Å². The summed E-state index contributed by atoms with van der Waals surface area (Å²) in [6.07, 6.45) is 4.32. The molecule has 0 bridgehead atoms. The molecule has 0 spiro atoms. The number of benzene rings is 1. The minimum atomic E-state index is -1.20. The fraction of sp³-hybridized carbons (Fsp3) is 0.462. The average molecular weight is 272 g/mol. The molecule has 1 aromatic carbocycles. The Balaban J connectivity index is 0.000000902. The van der Waals surface area contributed by atoms with Crippen LogP contribution in [0.25, 0.3) is 0 Å². The number of hydrogen-bond donors (Lipinski definition) is 0. The zero-order valence-corrected chi connectivity index (χ0v) is 11.9. The molecule has 2 fully saturated rings. The number of carbonyl (C=O) groups excluding carboxylic acids is 1. The maximum absolute atomic E-state index is 12.3. The molecule has 1 aliphatic carbocycles. The predicted octanol–water partition coefficient (Wildman–Crippen LogP) is -1.58. The molecule has 0 amide bonds. The molecule has 1 saturated heterocycles. The first-order chi connectivity index (χ1) is 8.22. The summed E-state index contributed by atoms with van der Waals surface area (Å²) in [5, 5.41) is 0. The van der Waals surface area contributed by atoms with Crippen LogP contribution >= 0.6 is 0 Å². The Kier molecular flexibility index (Phi) is 5.54. The Morgan fingerprint density at radius 1 is 1.26 bits per heavy atom. The molecule has 4 nitrogen and oxygen atoms in total. The molecule has 6 heteroatoms. The molecule has 19 heavy (non-hydrogen) atoms. The summed E-state index contributed by atoms with van der Waals surface area (Å²) in [5.41, 5.74) is 1.15. The molecule has 1 N–H and O–H groups in total. The van der Waals surface area contributed by atoms with Crippen molar-refractivity contribution in [2.75, 3.05) is 0 Å². The van der Waals surface area contributed by atoms with Crippen LogP contribution in [0.3, 0.4) is 0 Å². The van der Waals surface area contributed by atoms with Gasteiger partial charge in [-0.2, -0.15) is 0 Å². The molecule has 0 radical (unpaired) electrons. The van der Waals surface area contributed by atoms with Crippen molar-refractivity contribution >= 4 is 17.3 Å². The molecule has 1 heterocycles. The molecular formula is C13H15LiNO3S-.